The molecule has 3 atom stereocenters. The third-order valence-corrected chi connectivity index (χ3v) is 1.51. The fraction of sp³-hybridized carbons (Fsp3) is 0.778. The van der Waals surface area contributed by atoms with Crippen molar-refractivity contribution in [2.24, 2.45) is 0 Å². The first kappa shape index (κ1) is 26.5. The Morgan fingerprint density at radius 1 is 1.11 bits per heavy atom. The molecule has 0 aromatic heterocycles. The molecule has 1 fully saturated rings. The van der Waals surface area contributed by atoms with Gasteiger partial charge in [-0.05, 0) is 20.8 Å². The zero-order valence-corrected chi connectivity index (χ0v) is 13.5. The number of aliphatic hydroxyl groups is 2. The second kappa shape index (κ2) is 13.3. The van der Waals surface area contributed by atoms with Gasteiger partial charge in [-0.3, -0.25) is 0 Å². The predicted octanol–water partition coefficient (Wildman–Crippen LogP) is -0.193. The Kier molecular flexibility index (Phi) is 19.6. The van der Waals surface area contributed by atoms with Crippen molar-refractivity contribution in [3.63, 3.8) is 0 Å². The maximum absolute atomic E-state index is 10.7. The highest BCUT2D eigenvalue weighted by atomic mass is 32.1. The van der Waals surface area contributed by atoms with Crippen LogP contribution >= 0.6 is 40.5 Å². The van der Waals surface area contributed by atoms with Gasteiger partial charge in [0.2, 0.25) is 0 Å². The summed E-state index contributed by atoms with van der Waals surface area (Å²) in [6.45, 7) is 4.35. The molecule has 9 heteroatoms. The van der Waals surface area contributed by atoms with Gasteiger partial charge in [0.25, 0.3) is 0 Å². The van der Waals surface area contributed by atoms with Crippen LogP contribution in [-0.4, -0.2) is 47.1 Å². The monoisotopic (exact) mass is 325 g/mol. The van der Waals surface area contributed by atoms with Gasteiger partial charge in [-0.2, -0.15) is 40.5 Å². The number of hydrogen-bond acceptors (Lipinski definition) is 6. The van der Waals surface area contributed by atoms with Gasteiger partial charge in [-0.15, -0.1) is 0 Å². The van der Waals surface area contributed by atoms with Crippen molar-refractivity contribution in [3.05, 3.63) is 0 Å². The van der Waals surface area contributed by atoms with Gasteiger partial charge in [-0.25, -0.2) is 9.59 Å². The number of carbonyl (C=O) groups excluding carboxylic acids is 2. The SMILES string of the molecule is C[C@@H]1OC(=O)[C@H](C)OC1=O.C[C@H](O)CO.S.S.S.[2HH]. The summed E-state index contributed by atoms with van der Waals surface area (Å²) in [5.74, 6) is -0.959. The Bertz CT molecular complexity index is 222. The highest BCUT2D eigenvalue weighted by Crippen LogP contribution is 2.08. The molecular formula is C9H24O6S3. The van der Waals surface area contributed by atoms with Crippen molar-refractivity contribution in [3.8, 4) is 0 Å². The molecule has 0 unspecified atom stereocenters. The molecule has 1 heterocycles. The Hall–Kier alpha value is -0.0900. The minimum Gasteiger partial charge on any atom is -0.448 e. The van der Waals surface area contributed by atoms with Crippen molar-refractivity contribution in [2.45, 2.75) is 39.1 Å². The lowest BCUT2D eigenvalue weighted by Gasteiger charge is -2.22. The van der Waals surface area contributed by atoms with E-state index in [0.717, 1.165) is 0 Å². The van der Waals surface area contributed by atoms with E-state index in [9.17, 15) is 9.59 Å². The van der Waals surface area contributed by atoms with Crippen molar-refractivity contribution in [1.29, 1.82) is 0 Å². The predicted molar refractivity (Wildman–Crippen MR) is 83.1 cm³/mol. The number of hydrogen-bond donors (Lipinski definition) is 2. The van der Waals surface area contributed by atoms with Crippen molar-refractivity contribution in [2.75, 3.05) is 6.61 Å². The average molecular weight is 325 g/mol. The Labute approximate surface area is 129 Å². The van der Waals surface area contributed by atoms with E-state index < -0.39 is 30.3 Å². The van der Waals surface area contributed by atoms with Crippen LogP contribution in [0.1, 0.15) is 22.2 Å². The van der Waals surface area contributed by atoms with Gasteiger partial charge < -0.3 is 19.7 Å². The van der Waals surface area contributed by atoms with Crippen molar-refractivity contribution >= 4 is 52.4 Å². The smallest absolute Gasteiger partial charge is 0.347 e. The van der Waals surface area contributed by atoms with E-state index in [0.29, 0.717) is 0 Å². The van der Waals surface area contributed by atoms with Gasteiger partial charge in [0, 0.05) is 1.43 Å². The molecule has 1 aliphatic heterocycles. The van der Waals surface area contributed by atoms with Crippen LogP contribution in [0.15, 0.2) is 0 Å². The van der Waals surface area contributed by atoms with Gasteiger partial charge in [-0.1, -0.05) is 0 Å². The summed E-state index contributed by atoms with van der Waals surface area (Å²) in [7, 11) is 0. The van der Waals surface area contributed by atoms with Gasteiger partial charge in [0.15, 0.2) is 12.2 Å². The number of cyclic esters (lactones) is 2. The van der Waals surface area contributed by atoms with Crippen LogP contribution in [0.5, 0.6) is 0 Å². The third kappa shape index (κ3) is 11.0. The number of aliphatic hydroxyl groups excluding tert-OH is 2. The molecule has 0 aromatic rings. The minimum absolute atomic E-state index is 0. The van der Waals surface area contributed by atoms with Crippen LogP contribution in [0.2, 0.25) is 0 Å². The first-order valence-electron chi connectivity index (χ1n) is 4.58. The molecule has 1 rings (SSSR count). The summed E-state index contributed by atoms with van der Waals surface area (Å²) >= 11 is 0. The lowest BCUT2D eigenvalue weighted by Crippen LogP contribution is -2.40. The topological polar surface area (TPSA) is 93.1 Å². The molecule has 0 aromatic carbocycles. The fourth-order valence-electron chi connectivity index (χ4n) is 0.636. The summed E-state index contributed by atoms with van der Waals surface area (Å²) in [5.41, 5.74) is 0. The molecule has 0 aliphatic carbocycles. The quantitative estimate of drug-likeness (QED) is 0.649. The minimum atomic E-state index is -0.747. The molecule has 0 radical (unpaired) electrons. The molecule has 0 saturated carbocycles. The molecule has 0 bridgehead atoms. The molecule has 18 heavy (non-hydrogen) atoms. The first-order chi connectivity index (χ1) is 6.88. The van der Waals surface area contributed by atoms with Crippen LogP contribution in [0.3, 0.4) is 0 Å². The zero-order valence-electron chi connectivity index (χ0n) is 10.5. The zero-order chi connectivity index (χ0) is 12.0. The second-order valence-corrected chi connectivity index (χ2v) is 3.19. The number of esters is 2. The summed E-state index contributed by atoms with van der Waals surface area (Å²) < 4.78 is 9.19. The van der Waals surface area contributed by atoms with E-state index in [2.05, 4.69) is 9.47 Å². The Morgan fingerprint density at radius 3 is 1.50 bits per heavy atom. The standard InChI is InChI=1S/C6H8O4.C3H8O2.3H2S.H2/c1-3-5(7)10-4(2)6(8)9-3;1-3(5)2-4;;;;/h3-4H,1-2H3;3-5H,2H2,1H3;3*1H2;1H/t3-,4-;3-;;;;/m00..../s1/i;;;;;1+1. The first-order valence-corrected chi connectivity index (χ1v) is 4.58. The Balaban J connectivity index is -0.0000000652. The van der Waals surface area contributed by atoms with Gasteiger partial charge >= 0.3 is 11.9 Å². The van der Waals surface area contributed by atoms with Crippen LogP contribution in [0, 0.1) is 0 Å². The van der Waals surface area contributed by atoms with E-state index in [1.165, 1.54) is 20.8 Å². The highest BCUT2D eigenvalue weighted by Gasteiger charge is 2.32. The molecule has 114 valence electrons. The fourth-order valence-corrected chi connectivity index (χ4v) is 0.636. The van der Waals surface area contributed by atoms with Crippen LogP contribution in [-0.2, 0) is 19.1 Å². The molecule has 1 saturated heterocycles. The van der Waals surface area contributed by atoms with Gasteiger partial charge in [0.1, 0.15) is 0 Å². The van der Waals surface area contributed by atoms with E-state index in [1.807, 2.05) is 0 Å². The normalized spacial score (nSPS) is 22.5. The molecule has 0 amide bonds. The summed E-state index contributed by atoms with van der Waals surface area (Å²) in [6.07, 6.45) is -2.05. The van der Waals surface area contributed by atoms with E-state index >= 15 is 0 Å². The lowest BCUT2D eigenvalue weighted by atomic mass is 10.3. The number of carbonyl (C=O) groups is 2. The average Bonchev–Trinajstić information content (AvgIpc) is 2.16. The maximum Gasteiger partial charge on any atom is 0.347 e. The highest BCUT2D eigenvalue weighted by molar-refractivity contribution is 7.59. The second-order valence-electron chi connectivity index (χ2n) is 3.19. The summed E-state index contributed by atoms with van der Waals surface area (Å²) in [5, 5.41) is 16.0. The summed E-state index contributed by atoms with van der Waals surface area (Å²) in [4.78, 5) is 21.3. The van der Waals surface area contributed by atoms with Crippen LogP contribution in [0.4, 0.5) is 0 Å². The van der Waals surface area contributed by atoms with Crippen molar-refractivity contribution in [1.82, 2.24) is 0 Å². The van der Waals surface area contributed by atoms with Crippen LogP contribution in [0.25, 0.3) is 0 Å². The van der Waals surface area contributed by atoms with Crippen LogP contribution < -0.4 is 0 Å². The molecule has 6 nitrogen and oxygen atoms in total. The maximum atomic E-state index is 10.7. The van der Waals surface area contributed by atoms with E-state index in [-0.39, 0.29) is 48.5 Å². The molecule has 2 N–H and O–H groups in total. The van der Waals surface area contributed by atoms with E-state index in [1.54, 1.807) is 0 Å². The van der Waals surface area contributed by atoms with Gasteiger partial charge in [0.05, 0.1) is 12.7 Å². The molecule has 1 aliphatic rings. The molecule has 0 spiro atoms. The van der Waals surface area contributed by atoms with E-state index in [4.69, 9.17) is 10.2 Å². The lowest BCUT2D eigenvalue weighted by molar-refractivity contribution is -0.191. The number of rotatable bonds is 1. The Morgan fingerprint density at radius 2 is 1.33 bits per heavy atom. The third-order valence-electron chi connectivity index (χ3n) is 1.51. The number of ether oxygens (including phenoxy) is 2. The van der Waals surface area contributed by atoms with Crippen molar-refractivity contribution < 1.29 is 30.7 Å². The largest absolute Gasteiger partial charge is 0.448 e. The molecular weight excluding hydrogens is 300 g/mol. The summed E-state index contributed by atoms with van der Waals surface area (Å²) in [6, 6.07) is 0.